The highest BCUT2D eigenvalue weighted by Gasteiger charge is 2.19. The number of thioether (sulfide) groups is 1. The van der Waals surface area contributed by atoms with Crippen molar-refractivity contribution in [2.45, 2.75) is 45.8 Å². The minimum Gasteiger partial charge on any atom is -0.267 e. The number of carbonyl (C=O) groups is 1. The van der Waals surface area contributed by atoms with Crippen LogP contribution in [0.25, 0.3) is 0 Å². The van der Waals surface area contributed by atoms with Crippen molar-refractivity contribution in [3.8, 4) is 0 Å². The number of rotatable bonds is 3. The minimum absolute atomic E-state index is 0.161. The number of allylic oxidation sites excluding steroid dienone is 1. The van der Waals surface area contributed by atoms with E-state index in [0.717, 1.165) is 33.3 Å². The van der Waals surface area contributed by atoms with Crippen molar-refractivity contribution in [3.05, 3.63) is 40.2 Å². The Bertz CT molecular complexity index is 638. The molecular weight excluding hydrogens is 316 g/mol. The van der Waals surface area contributed by atoms with E-state index >= 15 is 0 Å². The molecule has 1 atom stereocenters. The predicted molar refractivity (Wildman–Crippen MR) is 94.6 cm³/mol. The summed E-state index contributed by atoms with van der Waals surface area (Å²) in [5.74, 6) is 1.10. The quantitative estimate of drug-likeness (QED) is 0.779. The van der Waals surface area contributed by atoms with Gasteiger partial charge < -0.3 is 0 Å². The number of carbonyl (C=O) groups excluding carboxylic acids is 1. The van der Waals surface area contributed by atoms with E-state index in [9.17, 15) is 4.79 Å². The largest absolute Gasteiger partial charge is 0.270 e. The molecule has 0 N–H and O–H groups in total. The zero-order valence-corrected chi connectivity index (χ0v) is 15.0. The summed E-state index contributed by atoms with van der Waals surface area (Å²) in [6.07, 6.45) is 4.24. The zero-order chi connectivity index (χ0) is 16.3. The Morgan fingerprint density at radius 3 is 2.86 bits per heavy atom. The van der Waals surface area contributed by atoms with Crippen molar-refractivity contribution in [2.75, 3.05) is 0 Å². The number of amides is 1. The van der Waals surface area contributed by atoms with Crippen LogP contribution in [0.2, 0.25) is 5.02 Å². The van der Waals surface area contributed by atoms with Crippen LogP contribution < -0.4 is 0 Å². The molecular formula is C17H21ClN2OS. The predicted octanol–water partition coefficient (Wildman–Crippen LogP) is 5.00. The second kappa shape index (κ2) is 7.42. The molecule has 1 amide bonds. The fourth-order valence-corrected chi connectivity index (χ4v) is 3.95. The van der Waals surface area contributed by atoms with Gasteiger partial charge in [0.25, 0.3) is 5.91 Å². The molecule has 0 radical (unpaired) electrons. The Morgan fingerprint density at radius 2 is 2.18 bits per heavy atom. The molecule has 0 spiro atoms. The number of hydrogen-bond donors (Lipinski definition) is 0. The number of pyridine rings is 1. The molecule has 3 nitrogen and oxygen atoms in total. The lowest BCUT2D eigenvalue weighted by molar-refractivity contribution is -0.113. The van der Waals surface area contributed by atoms with Crippen LogP contribution in [0.15, 0.2) is 28.9 Å². The Labute approximate surface area is 141 Å². The third-order valence-corrected chi connectivity index (χ3v) is 5.16. The van der Waals surface area contributed by atoms with Crippen molar-refractivity contribution in [1.82, 2.24) is 4.98 Å². The number of aromatic nitrogens is 1. The molecule has 2 heterocycles. The Morgan fingerprint density at radius 1 is 1.45 bits per heavy atom. The number of halogens is 1. The summed E-state index contributed by atoms with van der Waals surface area (Å²) in [4.78, 5) is 20.5. The maximum Gasteiger partial charge on any atom is 0.270 e. The van der Waals surface area contributed by atoms with Crippen molar-refractivity contribution >= 4 is 34.3 Å². The van der Waals surface area contributed by atoms with Gasteiger partial charge in [0.05, 0.1) is 5.04 Å². The Hall–Kier alpha value is -1.13. The summed E-state index contributed by atoms with van der Waals surface area (Å²) in [6, 6.07) is 1.82. The zero-order valence-electron chi connectivity index (χ0n) is 13.4. The number of hydrogen-bond acceptors (Lipinski definition) is 3. The summed E-state index contributed by atoms with van der Waals surface area (Å²) in [7, 11) is 0. The van der Waals surface area contributed by atoms with Crippen LogP contribution in [0.4, 0.5) is 0 Å². The molecule has 1 aliphatic heterocycles. The van der Waals surface area contributed by atoms with Crippen LogP contribution in [0.5, 0.6) is 0 Å². The maximum atomic E-state index is 11.8. The molecule has 0 saturated carbocycles. The van der Waals surface area contributed by atoms with E-state index in [4.69, 9.17) is 11.6 Å². The monoisotopic (exact) mass is 336 g/mol. The van der Waals surface area contributed by atoms with Gasteiger partial charge in [0.1, 0.15) is 0 Å². The molecule has 0 saturated heterocycles. The smallest absolute Gasteiger partial charge is 0.267 e. The van der Waals surface area contributed by atoms with Gasteiger partial charge in [-0.3, -0.25) is 9.78 Å². The van der Waals surface area contributed by atoms with Gasteiger partial charge >= 0.3 is 0 Å². The van der Waals surface area contributed by atoms with Crippen LogP contribution in [-0.2, 0) is 10.5 Å². The lowest BCUT2D eigenvalue weighted by Gasteiger charge is -2.15. The van der Waals surface area contributed by atoms with Crippen LogP contribution in [0.3, 0.4) is 0 Å². The average molecular weight is 337 g/mol. The van der Waals surface area contributed by atoms with E-state index in [1.165, 1.54) is 0 Å². The van der Waals surface area contributed by atoms with Crippen molar-refractivity contribution in [2.24, 2.45) is 10.9 Å². The molecule has 1 aliphatic rings. The summed E-state index contributed by atoms with van der Waals surface area (Å²) < 4.78 is 0. The van der Waals surface area contributed by atoms with Crippen molar-refractivity contribution in [1.29, 1.82) is 0 Å². The van der Waals surface area contributed by atoms with Gasteiger partial charge in [-0.2, -0.15) is 0 Å². The molecule has 118 valence electrons. The summed E-state index contributed by atoms with van der Waals surface area (Å²) >= 11 is 7.94. The molecule has 22 heavy (non-hydrogen) atoms. The van der Waals surface area contributed by atoms with Crippen molar-refractivity contribution in [3.63, 3.8) is 0 Å². The van der Waals surface area contributed by atoms with E-state index in [0.29, 0.717) is 11.7 Å². The van der Waals surface area contributed by atoms with Crippen LogP contribution >= 0.6 is 23.4 Å². The topological polar surface area (TPSA) is 42.3 Å². The lowest BCUT2D eigenvalue weighted by atomic mass is 10.0. The molecule has 2 rings (SSSR count). The van der Waals surface area contributed by atoms with Crippen LogP contribution in [0.1, 0.15) is 51.3 Å². The van der Waals surface area contributed by atoms with Crippen LogP contribution in [-0.4, -0.2) is 15.9 Å². The third-order valence-electron chi connectivity index (χ3n) is 3.58. The third kappa shape index (κ3) is 4.20. The van der Waals surface area contributed by atoms with E-state index in [2.05, 4.69) is 30.7 Å². The van der Waals surface area contributed by atoms with Gasteiger partial charge in [0.15, 0.2) is 0 Å². The highest BCUT2D eigenvalue weighted by molar-refractivity contribution is 8.13. The second-order valence-corrected chi connectivity index (χ2v) is 7.39. The lowest BCUT2D eigenvalue weighted by Crippen LogP contribution is -2.09. The normalized spacial score (nSPS) is 19.0. The molecule has 1 aromatic rings. The summed E-state index contributed by atoms with van der Waals surface area (Å²) in [5, 5.41) is 1.61. The average Bonchev–Trinajstić information content (AvgIpc) is 2.54. The highest BCUT2D eigenvalue weighted by Crippen LogP contribution is 2.31. The first-order valence-corrected chi connectivity index (χ1v) is 8.80. The van der Waals surface area contributed by atoms with Gasteiger partial charge in [0, 0.05) is 40.2 Å². The Kier molecular flexibility index (Phi) is 5.81. The molecule has 1 aromatic heterocycles. The first-order valence-electron chi connectivity index (χ1n) is 7.44. The number of aliphatic imine (C=N–C) groups is 1. The molecule has 0 aliphatic carbocycles. The molecule has 1 unspecified atom stereocenters. The van der Waals surface area contributed by atoms with Crippen molar-refractivity contribution < 1.29 is 4.79 Å². The Balaban J connectivity index is 2.19. The second-order valence-electron chi connectivity index (χ2n) is 5.98. The maximum absolute atomic E-state index is 11.8. The SMILES string of the molecule is CC1=CC(=O)N=C(SCc2c(Cl)ccnc2C(C)C)C(C)C1. The van der Waals surface area contributed by atoms with Crippen LogP contribution in [0, 0.1) is 5.92 Å². The fraction of sp³-hybridized carbons (Fsp3) is 0.471. The van der Waals surface area contributed by atoms with Gasteiger partial charge in [0.2, 0.25) is 0 Å². The van der Waals surface area contributed by atoms with Gasteiger partial charge in [-0.25, -0.2) is 4.99 Å². The summed E-state index contributed by atoms with van der Waals surface area (Å²) in [5.41, 5.74) is 3.14. The first kappa shape index (κ1) is 17.2. The van der Waals surface area contributed by atoms with Gasteiger partial charge in [-0.1, -0.05) is 37.9 Å². The van der Waals surface area contributed by atoms with E-state index in [1.54, 1.807) is 24.0 Å². The number of nitrogens with zero attached hydrogens (tertiary/aromatic N) is 2. The fourth-order valence-electron chi connectivity index (χ4n) is 2.54. The standard InChI is InChI=1S/C17H21ClN2OS/c1-10(2)16-13(14(18)5-6-19-16)9-22-17-12(4)7-11(3)8-15(21)20-17/h5-6,8,10,12H,7,9H2,1-4H3. The van der Waals surface area contributed by atoms with E-state index < -0.39 is 0 Å². The molecule has 0 bridgehead atoms. The van der Waals surface area contributed by atoms with E-state index in [1.807, 2.05) is 13.0 Å². The first-order chi connectivity index (χ1) is 10.4. The highest BCUT2D eigenvalue weighted by atomic mass is 35.5. The molecule has 0 aromatic carbocycles. The van der Waals surface area contributed by atoms with Gasteiger partial charge in [-0.15, -0.1) is 11.8 Å². The van der Waals surface area contributed by atoms with E-state index in [-0.39, 0.29) is 11.8 Å². The molecule has 5 heteroatoms. The minimum atomic E-state index is -0.161. The summed E-state index contributed by atoms with van der Waals surface area (Å²) in [6.45, 7) is 8.30. The molecule has 0 fully saturated rings. The van der Waals surface area contributed by atoms with Gasteiger partial charge in [-0.05, 0) is 25.3 Å².